The highest BCUT2D eigenvalue weighted by atomic mass is 16.1. The van der Waals surface area contributed by atoms with Crippen molar-refractivity contribution in [1.82, 2.24) is 20.1 Å². The van der Waals surface area contributed by atoms with Crippen LogP contribution < -0.4 is 5.32 Å². The van der Waals surface area contributed by atoms with E-state index in [0.717, 1.165) is 22.4 Å². The first kappa shape index (κ1) is 16.0. The normalized spacial score (nSPS) is 16.6. The maximum Gasteiger partial charge on any atom is 0.252 e. The van der Waals surface area contributed by atoms with Crippen molar-refractivity contribution in [2.24, 2.45) is 5.92 Å². The van der Waals surface area contributed by atoms with Crippen molar-refractivity contribution in [2.45, 2.75) is 66.0 Å². The van der Waals surface area contributed by atoms with Crippen molar-refractivity contribution < 1.29 is 4.79 Å². The van der Waals surface area contributed by atoms with Gasteiger partial charge in [-0.1, -0.05) is 0 Å². The monoisotopic (exact) mass is 314 g/mol. The fraction of sp³-hybridized carbons (Fsp3) is 0.611. The zero-order valence-corrected chi connectivity index (χ0v) is 14.9. The topological polar surface area (TPSA) is 59.8 Å². The summed E-state index contributed by atoms with van der Waals surface area (Å²) in [5.74, 6) is 0.618. The number of nitrogens with zero attached hydrogens (tertiary/aromatic N) is 3. The van der Waals surface area contributed by atoms with Crippen LogP contribution in [-0.4, -0.2) is 26.7 Å². The Hall–Kier alpha value is -1.91. The average Bonchev–Trinajstić information content (AvgIpc) is 3.22. The van der Waals surface area contributed by atoms with Crippen LogP contribution in [0.25, 0.3) is 11.0 Å². The average molecular weight is 314 g/mol. The van der Waals surface area contributed by atoms with Gasteiger partial charge in [-0.05, 0) is 66.4 Å². The molecular weight excluding hydrogens is 288 g/mol. The molecule has 1 atom stereocenters. The predicted octanol–water partition coefficient (Wildman–Crippen LogP) is 3.33. The van der Waals surface area contributed by atoms with Gasteiger partial charge in [0.05, 0.1) is 22.2 Å². The third-order valence-corrected chi connectivity index (χ3v) is 4.51. The van der Waals surface area contributed by atoms with Crippen LogP contribution in [-0.2, 0) is 5.54 Å². The third kappa shape index (κ3) is 2.96. The van der Waals surface area contributed by atoms with E-state index in [4.69, 9.17) is 0 Å². The van der Waals surface area contributed by atoms with Gasteiger partial charge in [-0.3, -0.25) is 4.79 Å². The molecule has 5 nitrogen and oxygen atoms in total. The second-order valence-electron chi connectivity index (χ2n) is 7.78. The Bertz CT molecular complexity index is 765. The molecule has 1 saturated carbocycles. The Kier molecular flexibility index (Phi) is 3.69. The van der Waals surface area contributed by atoms with E-state index in [0.29, 0.717) is 11.5 Å². The standard InChI is InChI=1S/C18H26N4O/c1-10-9-14(17(23)20-11(2)13-7-8-13)15-12(3)21-22(16(15)19-10)18(4,5)6/h9,11,13H,7-8H2,1-6H3,(H,20,23). The molecule has 2 aromatic heterocycles. The highest BCUT2D eigenvalue weighted by Crippen LogP contribution is 2.33. The highest BCUT2D eigenvalue weighted by molar-refractivity contribution is 6.06. The molecule has 1 unspecified atom stereocenters. The van der Waals surface area contributed by atoms with Crippen molar-refractivity contribution in [3.05, 3.63) is 23.0 Å². The van der Waals surface area contributed by atoms with E-state index >= 15 is 0 Å². The number of rotatable bonds is 3. The SMILES string of the molecule is Cc1cc(C(=O)NC(C)C2CC2)c2c(C)nn(C(C)(C)C)c2n1. The Morgan fingerprint density at radius 3 is 2.57 bits per heavy atom. The lowest BCUT2D eigenvalue weighted by atomic mass is 10.1. The van der Waals surface area contributed by atoms with Crippen LogP contribution in [0.4, 0.5) is 0 Å². The first-order valence-electron chi connectivity index (χ1n) is 8.37. The van der Waals surface area contributed by atoms with E-state index in [1.807, 2.05) is 24.6 Å². The number of hydrogen-bond donors (Lipinski definition) is 1. The molecule has 23 heavy (non-hydrogen) atoms. The number of hydrogen-bond acceptors (Lipinski definition) is 3. The number of nitrogens with one attached hydrogen (secondary N) is 1. The van der Waals surface area contributed by atoms with Gasteiger partial charge in [-0.2, -0.15) is 5.10 Å². The van der Waals surface area contributed by atoms with Gasteiger partial charge in [0.2, 0.25) is 0 Å². The summed E-state index contributed by atoms with van der Waals surface area (Å²) in [6, 6.07) is 2.10. The number of carbonyl (C=O) groups is 1. The van der Waals surface area contributed by atoms with Crippen LogP contribution in [0.3, 0.4) is 0 Å². The first-order valence-corrected chi connectivity index (χ1v) is 8.37. The third-order valence-electron chi connectivity index (χ3n) is 4.51. The molecule has 2 aromatic rings. The van der Waals surface area contributed by atoms with Crippen molar-refractivity contribution in [3.63, 3.8) is 0 Å². The first-order chi connectivity index (χ1) is 10.7. The number of aromatic nitrogens is 3. The number of fused-ring (bicyclic) bond motifs is 1. The van der Waals surface area contributed by atoms with Gasteiger partial charge in [0.15, 0.2) is 5.65 Å². The number of carbonyl (C=O) groups excluding carboxylic acids is 1. The van der Waals surface area contributed by atoms with Gasteiger partial charge in [-0.15, -0.1) is 0 Å². The Morgan fingerprint density at radius 1 is 1.35 bits per heavy atom. The molecule has 1 fully saturated rings. The molecule has 3 rings (SSSR count). The van der Waals surface area contributed by atoms with Gasteiger partial charge in [0.1, 0.15) is 0 Å². The fourth-order valence-electron chi connectivity index (χ4n) is 3.06. The van der Waals surface area contributed by atoms with Gasteiger partial charge in [0, 0.05) is 11.7 Å². The summed E-state index contributed by atoms with van der Waals surface area (Å²) in [5.41, 5.74) is 2.99. The molecule has 1 aliphatic rings. The van der Waals surface area contributed by atoms with Crippen LogP contribution in [0.1, 0.15) is 62.3 Å². The molecule has 1 aliphatic carbocycles. The minimum atomic E-state index is -0.178. The van der Waals surface area contributed by atoms with E-state index < -0.39 is 0 Å². The Morgan fingerprint density at radius 2 is 2.00 bits per heavy atom. The predicted molar refractivity (Wildman–Crippen MR) is 91.7 cm³/mol. The van der Waals surface area contributed by atoms with Crippen LogP contribution >= 0.6 is 0 Å². The van der Waals surface area contributed by atoms with E-state index in [1.54, 1.807) is 0 Å². The zero-order chi connectivity index (χ0) is 16.9. The molecule has 0 saturated heterocycles. The smallest absolute Gasteiger partial charge is 0.252 e. The minimum Gasteiger partial charge on any atom is -0.349 e. The maximum absolute atomic E-state index is 12.8. The molecule has 0 spiro atoms. The molecule has 0 radical (unpaired) electrons. The number of amides is 1. The van der Waals surface area contributed by atoms with Crippen molar-refractivity contribution in [1.29, 1.82) is 0 Å². The Labute approximate surface area is 137 Å². The van der Waals surface area contributed by atoms with Gasteiger partial charge in [0.25, 0.3) is 5.91 Å². The summed E-state index contributed by atoms with van der Waals surface area (Å²) in [7, 11) is 0. The zero-order valence-electron chi connectivity index (χ0n) is 14.9. The van der Waals surface area contributed by atoms with Gasteiger partial charge in [-0.25, -0.2) is 9.67 Å². The fourth-order valence-corrected chi connectivity index (χ4v) is 3.06. The van der Waals surface area contributed by atoms with E-state index in [-0.39, 0.29) is 17.5 Å². The van der Waals surface area contributed by atoms with Crippen molar-refractivity contribution >= 4 is 16.9 Å². The number of aryl methyl sites for hydroxylation is 2. The summed E-state index contributed by atoms with van der Waals surface area (Å²) in [6.07, 6.45) is 2.43. The molecule has 124 valence electrons. The van der Waals surface area contributed by atoms with Crippen LogP contribution in [0.5, 0.6) is 0 Å². The van der Waals surface area contributed by atoms with E-state index in [2.05, 4.69) is 43.1 Å². The van der Waals surface area contributed by atoms with Crippen LogP contribution in [0, 0.1) is 19.8 Å². The Balaban J connectivity index is 2.09. The highest BCUT2D eigenvalue weighted by Gasteiger charge is 2.30. The summed E-state index contributed by atoms with van der Waals surface area (Å²) in [5, 5.41) is 8.66. The van der Waals surface area contributed by atoms with E-state index in [9.17, 15) is 4.79 Å². The largest absolute Gasteiger partial charge is 0.349 e. The molecule has 5 heteroatoms. The molecule has 0 aromatic carbocycles. The molecule has 1 N–H and O–H groups in total. The molecular formula is C18H26N4O. The summed E-state index contributed by atoms with van der Waals surface area (Å²) < 4.78 is 1.92. The van der Waals surface area contributed by atoms with Gasteiger partial charge < -0.3 is 5.32 Å². The van der Waals surface area contributed by atoms with Crippen molar-refractivity contribution in [2.75, 3.05) is 0 Å². The molecule has 0 aliphatic heterocycles. The number of pyridine rings is 1. The van der Waals surface area contributed by atoms with Crippen LogP contribution in [0.2, 0.25) is 0 Å². The quantitative estimate of drug-likeness (QED) is 0.945. The minimum absolute atomic E-state index is 0.0172. The summed E-state index contributed by atoms with van der Waals surface area (Å²) >= 11 is 0. The molecule has 0 bridgehead atoms. The van der Waals surface area contributed by atoms with E-state index in [1.165, 1.54) is 12.8 Å². The van der Waals surface area contributed by atoms with Crippen LogP contribution in [0.15, 0.2) is 6.07 Å². The lowest BCUT2D eigenvalue weighted by Gasteiger charge is -2.20. The lowest BCUT2D eigenvalue weighted by Crippen LogP contribution is -2.34. The second-order valence-corrected chi connectivity index (χ2v) is 7.78. The second kappa shape index (κ2) is 5.32. The van der Waals surface area contributed by atoms with Gasteiger partial charge >= 0.3 is 0 Å². The molecule has 1 amide bonds. The van der Waals surface area contributed by atoms with Crippen molar-refractivity contribution in [3.8, 4) is 0 Å². The summed E-state index contributed by atoms with van der Waals surface area (Å²) in [6.45, 7) is 12.2. The maximum atomic E-state index is 12.8. The molecule has 2 heterocycles. The lowest BCUT2D eigenvalue weighted by molar-refractivity contribution is 0.0937. The summed E-state index contributed by atoms with van der Waals surface area (Å²) in [4.78, 5) is 17.4.